The Morgan fingerprint density at radius 3 is 2.74 bits per heavy atom. The standard InChI is InChI=1S/C11H16BrN3O3.ClH/c1-15-6-7(3-9(12)11(15)17)14-10(16)4-8(5-13)18-2;/h3,6,8H,4-5,13H2,1-2H3,(H,14,16);1H. The zero-order chi connectivity index (χ0) is 13.7. The molecule has 19 heavy (non-hydrogen) atoms. The van der Waals surface area contributed by atoms with E-state index < -0.39 is 0 Å². The second kappa shape index (κ2) is 8.31. The van der Waals surface area contributed by atoms with Crippen molar-refractivity contribution in [3.63, 3.8) is 0 Å². The Kier molecular flexibility index (Phi) is 7.93. The number of nitrogens with zero attached hydrogens (tertiary/aromatic N) is 1. The van der Waals surface area contributed by atoms with Crippen LogP contribution in [-0.4, -0.2) is 30.2 Å². The number of amides is 1. The minimum Gasteiger partial charge on any atom is -0.380 e. The average Bonchev–Trinajstić information content (AvgIpc) is 2.32. The molecule has 0 radical (unpaired) electrons. The van der Waals surface area contributed by atoms with Gasteiger partial charge in [0.1, 0.15) is 0 Å². The van der Waals surface area contributed by atoms with Gasteiger partial charge in [-0.1, -0.05) is 0 Å². The van der Waals surface area contributed by atoms with Gasteiger partial charge < -0.3 is 20.4 Å². The zero-order valence-corrected chi connectivity index (χ0v) is 13.1. The van der Waals surface area contributed by atoms with Crippen molar-refractivity contribution in [3.8, 4) is 0 Å². The first-order chi connectivity index (χ1) is 8.47. The van der Waals surface area contributed by atoms with E-state index in [9.17, 15) is 9.59 Å². The van der Waals surface area contributed by atoms with E-state index in [4.69, 9.17) is 10.5 Å². The lowest BCUT2D eigenvalue weighted by atomic mass is 10.2. The molecule has 0 aliphatic heterocycles. The quantitative estimate of drug-likeness (QED) is 0.821. The third-order valence-corrected chi connectivity index (χ3v) is 3.00. The van der Waals surface area contributed by atoms with Crippen molar-refractivity contribution in [1.82, 2.24) is 4.57 Å². The first kappa shape index (κ1) is 18.1. The molecule has 1 unspecified atom stereocenters. The van der Waals surface area contributed by atoms with Gasteiger partial charge in [0.15, 0.2) is 0 Å². The van der Waals surface area contributed by atoms with Gasteiger partial charge in [0.2, 0.25) is 5.91 Å². The highest BCUT2D eigenvalue weighted by Gasteiger charge is 2.12. The number of methoxy groups -OCH3 is 1. The molecule has 1 heterocycles. The van der Waals surface area contributed by atoms with Gasteiger partial charge in [0.25, 0.3) is 5.56 Å². The van der Waals surface area contributed by atoms with E-state index in [1.165, 1.54) is 11.7 Å². The molecular formula is C11H17BrClN3O3. The Hall–Kier alpha value is -0.890. The van der Waals surface area contributed by atoms with Crippen LogP contribution < -0.4 is 16.6 Å². The molecule has 0 aliphatic carbocycles. The summed E-state index contributed by atoms with van der Waals surface area (Å²) in [6.45, 7) is 0.279. The molecule has 6 nitrogen and oxygen atoms in total. The van der Waals surface area contributed by atoms with Crippen LogP contribution in [-0.2, 0) is 16.6 Å². The summed E-state index contributed by atoms with van der Waals surface area (Å²) in [6.07, 6.45) is 1.42. The summed E-state index contributed by atoms with van der Waals surface area (Å²) in [7, 11) is 3.12. The fourth-order valence-electron chi connectivity index (χ4n) is 1.42. The van der Waals surface area contributed by atoms with E-state index in [0.29, 0.717) is 10.2 Å². The number of nitrogens with one attached hydrogen (secondary N) is 1. The summed E-state index contributed by atoms with van der Waals surface area (Å²) in [4.78, 5) is 23.1. The van der Waals surface area contributed by atoms with E-state index >= 15 is 0 Å². The Morgan fingerprint density at radius 1 is 1.63 bits per heavy atom. The number of pyridine rings is 1. The zero-order valence-electron chi connectivity index (χ0n) is 10.7. The second-order valence-corrected chi connectivity index (χ2v) is 4.69. The maximum atomic E-state index is 11.7. The van der Waals surface area contributed by atoms with Crippen LogP contribution in [0.2, 0.25) is 0 Å². The van der Waals surface area contributed by atoms with Gasteiger partial charge in [-0.05, 0) is 22.0 Å². The smallest absolute Gasteiger partial charge is 0.264 e. The van der Waals surface area contributed by atoms with Gasteiger partial charge in [0.05, 0.1) is 22.7 Å². The van der Waals surface area contributed by atoms with Crippen LogP contribution in [0, 0.1) is 0 Å². The number of aromatic nitrogens is 1. The van der Waals surface area contributed by atoms with Crippen LogP contribution in [0.25, 0.3) is 0 Å². The van der Waals surface area contributed by atoms with Crippen LogP contribution in [0.3, 0.4) is 0 Å². The number of carbonyl (C=O) groups excluding carboxylic acids is 1. The van der Waals surface area contributed by atoms with Gasteiger partial charge in [-0.25, -0.2) is 0 Å². The maximum Gasteiger partial charge on any atom is 0.264 e. The number of aryl methyl sites for hydroxylation is 1. The van der Waals surface area contributed by atoms with Gasteiger partial charge in [-0.15, -0.1) is 12.4 Å². The molecule has 0 saturated carbocycles. The molecule has 0 saturated heterocycles. The molecule has 0 bridgehead atoms. The van der Waals surface area contributed by atoms with E-state index in [2.05, 4.69) is 21.2 Å². The van der Waals surface area contributed by atoms with Gasteiger partial charge in [0, 0.05) is 26.9 Å². The SMILES string of the molecule is COC(CN)CC(=O)Nc1cc(Br)c(=O)n(C)c1.Cl. The van der Waals surface area contributed by atoms with Crippen LogP contribution in [0.1, 0.15) is 6.42 Å². The van der Waals surface area contributed by atoms with E-state index in [1.54, 1.807) is 19.3 Å². The lowest BCUT2D eigenvalue weighted by molar-refractivity contribution is -0.118. The van der Waals surface area contributed by atoms with E-state index in [-0.39, 0.29) is 42.9 Å². The maximum absolute atomic E-state index is 11.7. The summed E-state index contributed by atoms with van der Waals surface area (Å²) in [5.74, 6) is -0.210. The molecule has 1 rings (SSSR count). The lowest BCUT2D eigenvalue weighted by Crippen LogP contribution is -2.28. The summed E-state index contributed by atoms with van der Waals surface area (Å²) >= 11 is 3.14. The Bertz CT molecular complexity index is 462. The van der Waals surface area contributed by atoms with E-state index in [0.717, 1.165) is 0 Å². The molecule has 1 amide bonds. The highest BCUT2D eigenvalue weighted by Crippen LogP contribution is 2.12. The largest absolute Gasteiger partial charge is 0.380 e. The van der Waals surface area contributed by atoms with Gasteiger partial charge in [-0.3, -0.25) is 9.59 Å². The highest BCUT2D eigenvalue weighted by molar-refractivity contribution is 9.10. The minimum absolute atomic E-state index is 0. The summed E-state index contributed by atoms with van der Waals surface area (Å²) in [5, 5.41) is 2.69. The molecule has 0 spiro atoms. The van der Waals surface area contributed by atoms with Crippen molar-refractivity contribution in [1.29, 1.82) is 0 Å². The number of rotatable bonds is 5. The van der Waals surface area contributed by atoms with Gasteiger partial charge >= 0.3 is 0 Å². The molecule has 3 N–H and O–H groups in total. The Labute approximate surface area is 125 Å². The Balaban J connectivity index is 0.00000324. The number of halogens is 2. The summed E-state index contributed by atoms with van der Waals surface area (Å²) in [5.41, 5.74) is 5.82. The predicted octanol–water partition coefficient (Wildman–Crippen LogP) is 0.872. The number of nitrogens with two attached hydrogens (primary N) is 1. The monoisotopic (exact) mass is 353 g/mol. The predicted molar refractivity (Wildman–Crippen MR) is 79.7 cm³/mol. The third kappa shape index (κ3) is 5.32. The first-order valence-electron chi connectivity index (χ1n) is 5.36. The van der Waals surface area contributed by atoms with Crippen LogP contribution >= 0.6 is 28.3 Å². The van der Waals surface area contributed by atoms with Crippen LogP contribution in [0.15, 0.2) is 21.5 Å². The molecule has 108 valence electrons. The fourth-order valence-corrected chi connectivity index (χ4v) is 1.95. The molecule has 1 aromatic rings. The summed E-state index contributed by atoms with van der Waals surface area (Å²) < 4.78 is 6.80. The normalized spacial score (nSPS) is 11.6. The number of carbonyl (C=O) groups is 1. The number of hydrogen-bond donors (Lipinski definition) is 2. The summed E-state index contributed by atoms with van der Waals surface area (Å²) in [6, 6.07) is 1.56. The van der Waals surface area contributed by atoms with Crippen molar-refractivity contribution in [2.75, 3.05) is 19.0 Å². The molecular weight excluding hydrogens is 337 g/mol. The first-order valence-corrected chi connectivity index (χ1v) is 6.16. The van der Waals surface area contributed by atoms with Crippen molar-refractivity contribution in [2.45, 2.75) is 12.5 Å². The fraction of sp³-hybridized carbons (Fsp3) is 0.455. The molecule has 1 aromatic heterocycles. The van der Waals surface area contributed by atoms with E-state index in [1.807, 2.05) is 0 Å². The van der Waals surface area contributed by atoms with Crippen molar-refractivity contribution < 1.29 is 9.53 Å². The van der Waals surface area contributed by atoms with Crippen LogP contribution in [0.4, 0.5) is 5.69 Å². The Morgan fingerprint density at radius 2 is 2.26 bits per heavy atom. The van der Waals surface area contributed by atoms with Gasteiger partial charge in [-0.2, -0.15) is 0 Å². The minimum atomic E-state index is -0.305. The molecule has 0 aliphatic rings. The van der Waals surface area contributed by atoms with Crippen molar-refractivity contribution in [3.05, 3.63) is 27.1 Å². The lowest BCUT2D eigenvalue weighted by Gasteiger charge is -2.13. The average molecular weight is 355 g/mol. The molecule has 8 heteroatoms. The molecule has 1 atom stereocenters. The highest BCUT2D eigenvalue weighted by atomic mass is 79.9. The second-order valence-electron chi connectivity index (χ2n) is 3.84. The van der Waals surface area contributed by atoms with Crippen molar-refractivity contribution in [2.24, 2.45) is 12.8 Å². The molecule has 0 aromatic carbocycles. The number of hydrogen-bond acceptors (Lipinski definition) is 4. The third-order valence-electron chi connectivity index (χ3n) is 2.43. The van der Waals surface area contributed by atoms with Crippen molar-refractivity contribution >= 4 is 39.9 Å². The number of ether oxygens (including phenoxy) is 1. The number of anilines is 1. The topological polar surface area (TPSA) is 86.3 Å². The van der Waals surface area contributed by atoms with Crippen LogP contribution in [0.5, 0.6) is 0 Å². The molecule has 0 fully saturated rings.